The molecule has 2 N–H and O–H groups in total. The third kappa shape index (κ3) is 6.18. The second-order valence-electron chi connectivity index (χ2n) is 5.39. The fraction of sp³-hybridized carbons (Fsp3) is 0.500. The number of aromatic nitrogens is 2. The van der Waals surface area contributed by atoms with E-state index in [4.69, 9.17) is 0 Å². The summed E-state index contributed by atoms with van der Waals surface area (Å²) in [6.07, 6.45) is -2.50. The summed E-state index contributed by atoms with van der Waals surface area (Å²) in [5.41, 5.74) is -0.137. The molecule has 0 unspecified atom stereocenters. The molecule has 0 bridgehead atoms. The largest absolute Gasteiger partial charge is 0.451 e. The molecule has 0 aliphatic carbocycles. The molecule has 142 valence electrons. The van der Waals surface area contributed by atoms with E-state index >= 15 is 0 Å². The monoisotopic (exact) mass is 375 g/mol. The third-order valence-corrected chi connectivity index (χ3v) is 3.33. The Kier molecular flexibility index (Phi) is 6.31. The van der Waals surface area contributed by atoms with Crippen LogP contribution in [0.2, 0.25) is 0 Å². The Labute approximate surface area is 145 Å². The van der Waals surface area contributed by atoms with Crippen LogP contribution in [0.1, 0.15) is 23.3 Å². The van der Waals surface area contributed by atoms with Crippen molar-refractivity contribution in [3.63, 3.8) is 0 Å². The van der Waals surface area contributed by atoms with Crippen LogP contribution in [0.25, 0.3) is 0 Å². The zero-order valence-corrected chi connectivity index (χ0v) is 13.5. The Bertz CT molecular complexity index is 660. The van der Waals surface area contributed by atoms with E-state index in [9.17, 15) is 27.6 Å². The maximum absolute atomic E-state index is 11.9. The number of ether oxygens (including phenoxy) is 1. The van der Waals surface area contributed by atoms with Crippen molar-refractivity contribution in [3.8, 4) is 0 Å². The standard InChI is InChI=1S/C14H16F3N5O4/c15-14(16,17)8-18-13(25)19-11(23)7-26-12(24)9-3-4-10(21-20-9)22-5-1-2-6-22/h3-4H,1-2,5-8H2,(H2,18,19,23,25). The molecule has 12 heteroatoms. The molecule has 1 aromatic heterocycles. The van der Waals surface area contributed by atoms with Gasteiger partial charge in [-0.05, 0) is 25.0 Å². The van der Waals surface area contributed by atoms with Gasteiger partial charge in [0.05, 0.1) is 0 Å². The fourth-order valence-electron chi connectivity index (χ4n) is 2.14. The summed E-state index contributed by atoms with van der Waals surface area (Å²) in [5.74, 6) is -1.41. The molecular formula is C14H16F3N5O4. The summed E-state index contributed by atoms with van der Waals surface area (Å²) < 4.78 is 40.4. The van der Waals surface area contributed by atoms with Crippen LogP contribution >= 0.6 is 0 Å². The number of imide groups is 1. The van der Waals surface area contributed by atoms with Gasteiger partial charge in [-0.2, -0.15) is 13.2 Å². The Balaban J connectivity index is 1.75. The number of hydrogen-bond donors (Lipinski definition) is 2. The average molecular weight is 375 g/mol. The smallest absolute Gasteiger partial charge is 0.405 e. The van der Waals surface area contributed by atoms with Gasteiger partial charge in [0.2, 0.25) is 0 Å². The van der Waals surface area contributed by atoms with Gasteiger partial charge in [0, 0.05) is 13.1 Å². The normalized spacial score (nSPS) is 14.0. The van der Waals surface area contributed by atoms with Crippen molar-refractivity contribution in [2.75, 3.05) is 31.1 Å². The third-order valence-electron chi connectivity index (χ3n) is 3.33. The number of nitrogens with one attached hydrogen (secondary N) is 2. The molecule has 2 rings (SSSR count). The van der Waals surface area contributed by atoms with E-state index in [1.165, 1.54) is 11.4 Å². The lowest BCUT2D eigenvalue weighted by molar-refractivity contribution is -0.125. The Morgan fingerprint density at radius 1 is 1.15 bits per heavy atom. The molecule has 0 radical (unpaired) electrons. The SMILES string of the molecule is O=C(COC(=O)c1ccc(N2CCCC2)nn1)NC(=O)NCC(F)(F)F. The van der Waals surface area contributed by atoms with Crippen LogP contribution in [0.4, 0.5) is 23.8 Å². The highest BCUT2D eigenvalue weighted by atomic mass is 19.4. The number of alkyl halides is 3. The molecular weight excluding hydrogens is 359 g/mol. The van der Waals surface area contributed by atoms with E-state index in [-0.39, 0.29) is 5.69 Å². The van der Waals surface area contributed by atoms with Crippen LogP contribution in [0, 0.1) is 0 Å². The molecule has 1 aliphatic rings. The molecule has 0 spiro atoms. The van der Waals surface area contributed by atoms with Crippen LogP contribution in [0.5, 0.6) is 0 Å². The lowest BCUT2D eigenvalue weighted by atomic mass is 10.4. The van der Waals surface area contributed by atoms with E-state index < -0.39 is 37.2 Å². The Morgan fingerprint density at radius 3 is 2.42 bits per heavy atom. The second-order valence-corrected chi connectivity index (χ2v) is 5.39. The summed E-state index contributed by atoms with van der Waals surface area (Å²) >= 11 is 0. The van der Waals surface area contributed by atoms with Gasteiger partial charge in [-0.15, -0.1) is 10.2 Å². The summed E-state index contributed by atoms with van der Waals surface area (Å²) in [5, 5.41) is 10.7. The highest BCUT2D eigenvalue weighted by Crippen LogP contribution is 2.16. The van der Waals surface area contributed by atoms with Gasteiger partial charge in [-0.3, -0.25) is 10.1 Å². The highest BCUT2D eigenvalue weighted by molar-refractivity contribution is 5.96. The van der Waals surface area contributed by atoms with E-state index in [0.717, 1.165) is 25.9 Å². The molecule has 0 saturated carbocycles. The van der Waals surface area contributed by atoms with Gasteiger partial charge < -0.3 is 15.0 Å². The van der Waals surface area contributed by atoms with Crippen molar-refractivity contribution < 1.29 is 32.3 Å². The van der Waals surface area contributed by atoms with Gasteiger partial charge in [-0.1, -0.05) is 0 Å². The molecule has 1 aliphatic heterocycles. The van der Waals surface area contributed by atoms with Gasteiger partial charge in [0.15, 0.2) is 18.1 Å². The predicted molar refractivity (Wildman–Crippen MR) is 81.4 cm³/mol. The number of nitrogens with zero attached hydrogens (tertiary/aromatic N) is 3. The zero-order valence-electron chi connectivity index (χ0n) is 13.5. The number of rotatable bonds is 5. The van der Waals surface area contributed by atoms with Crippen LogP contribution in [-0.4, -0.2) is 60.5 Å². The number of anilines is 1. The van der Waals surface area contributed by atoms with E-state index in [1.54, 1.807) is 11.4 Å². The van der Waals surface area contributed by atoms with Crippen molar-refractivity contribution in [2.24, 2.45) is 0 Å². The first-order valence-corrected chi connectivity index (χ1v) is 7.65. The summed E-state index contributed by atoms with van der Waals surface area (Å²) in [6.45, 7) is -0.733. The summed E-state index contributed by atoms with van der Waals surface area (Å²) in [6, 6.07) is 1.63. The number of amides is 3. The minimum absolute atomic E-state index is 0.137. The lowest BCUT2D eigenvalue weighted by Gasteiger charge is -2.15. The minimum atomic E-state index is -4.60. The van der Waals surface area contributed by atoms with Gasteiger partial charge in [-0.25, -0.2) is 9.59 Å². The van der Waals surface area contributed by atoms with Crippen molar-refractivity contribution in [1.29, 1.82) is 0 Å². The van der Waals surface area contributed by atoms with Gasteiger partial charge >= 0.3 is 18.2 Å². The topological polar surface area (TPSA) is 114 Å². The molecule has 0 aromatic carbocycles. The first-order chi connectivity index (χ1) is 12.2. The van der Waals surface area contributed by atoms with E-state index in [0.29, 0.717) is 5.82 Å². The molecule has 9 nitrogen and oxygen atoms in total. The fourth-order valence-corrected chi connectivity index (χ4v) is 2.14. The summed E-state index contributed by atoms with van der Waals surface area (Å²) in [4.78, 5) is 36.2. The van der Waals surface area contributed by atoms with Crippen LogP contribution in [-0.2, 0) is 9.53 Å². The van der Waals surface area contributed by atoms with Crippen molar-refractivity contribution >= 4 is 23.7 Å². The predicted octanol–water partition coefficient (Wildman–Crippen LogP) is 0.622. The number of urea groups is 1. The molecule has 3 amide bonds. The van der Waals surface area contributed by atoms with Crippen molar-refractivity contribution in [3.05, 3.63) is 17.8 Å². The molecule has 26 heavy (non-hydrogen) atoms. The molecule has 1 saturated heterocycles. The average Bonchev–Trinajstić information content (AvgIpc) is 3.12. The number of esters is 1. The maximum atomic E-state index is 11.9. The number of hydrogen-bond acceptors (Lipinski definition) is 7. The van der Waals surface area contributed by atoms with Crippen LogP contribution in [0.3, 0.4) is 0 Å². The Hall–Kier alpha value is -2.92. The first-order valence-electron chi connectivity index (χ1n) is 7.65. The first kappa shape index (κ1) is 19.4. The molecule has 0 atom stereocenters. The quantitative estimate of drug-likeness (QED) is 0.726. The van der Waals surface area contributed by atoms with Crippen LogP contribution < -0.4 is 15.5 Å². The molecule has 2 heterocycles. The second kappa shape index (κ2) is 8.45. The minimum Gasteiger partial charge on any atom is -0.451 e. The van der Waals surface area contributed by atoms with Crippen molar-refractivity contribution in [1.82, 2.24) is 20.8 Å². The zero-order chi connectivity index (χ0) is 19.2. The number of carbonyl (C=O) groups excluding carboxylic acids is 3. The number of halogens is 3. The van der Waals surface area contributed by atoms with Crippen molar-refractivity contribution in [2.45, 2.75) is 19.0 Å². The van der Waals surface area contributed by atoms with E-state index in [2.05, 4.69) is 14.9 Å². The Morgan fingerprint density at radius 2 is 1.85 bits per heavy atom. The van der Waals surface area contributed by atoms with Gasteiger partial charge in [0.1, 0.15) is 6.54 Å². The molecule has 1 aromatic rings. The van der Waals surface area contributed by atoms with Gasteiger partial charge in [0.25, 0.3) is 5.91 Å². The lowest BCUT2D eigenvalue weighted by Crippen LogP contribution is -2.44. The summed E-state index contributed by atoms with van der Waals surface area (Å²) in [7, 11) is 0. The van der Waals surface area contributed by atoms with E-state index in [1.807, 2.05) is 4.90 Å². The van der Waals surface area contributed by atoms with Crippen LogP contribution in [0.15, 0.2) is 12.1 Å². The number of carbonyl (C=O) groups is 3. The molecule has 1 fully saturated rings. The highest BCUT2D eigenvalue weighted by Gasteiger charge is 2.28. The maximum Gasteiger partial charge on any atom is 0.405 e.